The molecular weight excluding hydrogens is 200 g/mol. The fourth-order valence-corrected chi connectivity index (χ4v) is 2.13. The molecule has 0 radical (unpaired) electrons. The van der Waals surface area contributed by atoms with Gasteiger partial charge in [0, 0.05) is 32.4 Å². The van der Waals surface area contributed by atoms with Gasteiger partial charge >= 0.3 is 0 Å². The van der Waals surface area contributed by atoms with Gasteiger partial charge < -0.3 is 15.4 Å². The molecule has 1 aromatic rings. The molecule has 88 valence electrons. The molecule has 0 unspecified atom stereocenters. The summed E-state index contributed by atoms with van der Waals surface area (Å²) in [5.41, 5.74) is 4.17. The van der Waals surface area contributed by atoms with Crippen molar-refractivity contribution in [2.24, 2.45) is 0 Å². The predicted octanol–water partition coefficient (Wildman–Crippen LogP) is 1.78. The number of hydrogen-bond acceptors (Lipinski definition) is 3. The predicted molar refractivity (Wildman–Crippen MR) is 66.8 cm³/mol. The molecule has 0 aliphatic carbocycles. The van der Waals surface area contributed by atoms with Gasteiger partial charge in [-0.3, -0.25) is 0 Å². The molecule has 0 aromatic heterocycles. The van der Waals surface area contributed by atoms with Crippen molar-refractivity contribution in [2.75, 3.05) is 32.1 Å². The Hall–Kier alpha value is -1.06. The number of fused-ring (bicyclic) bond motifs is 1. The van der Waals surface area contributed by atoms with E-state index in [9.17, 15) is 0 Å². The molecule has 16 heavy (non-hydrogen) atoms. The smallest absolute Gasteiger partial charge is 0.0587 e. The van der Waals surface area contributed by atoms with Crippen LogP contribution < -0.4 is 10.6 Å². The van der Waals surface area contributed by atoms with Crippen molar-refractivity contribution in [3.05, 3.63) is 29.3 Å². The Bertz CT molecular complexity index is 339. The van der Waals surface area contributed by atoms with Crippen molar-refractivity contribution in [2.45, 2.75) is 19.4 Å². The number of para-hydroxylation sites is 1. The van der Waals surface area contributed by atoms with Crippen molar-refractivity contribution in [1.82, 2.24) is 5.32 Å². The largest absolute Gasteiger partial charge is 0.385 e. The Balaban J connectivity index is 1.97. The first-order valence-electron chi connectivity index (χ1n) is 5.96. The Morgan fingerprint density at radius 1 is 1.44 bits per heavy atom. The highest BCUT2D eigenvalue weighted by Crippen LogP contribution is 2.25. The van der Waals surface area contributed by atoms with Gasteiger partial charge in [-0.05, 0) is 24.0 Å². The SMILES string of the molecule is COCCNCc1cccc2c1NCCC2. The molecule has 0 spiro atoms. The molecule has 1 heterocycles. The molecule has 3 nitrogen and oxygen atoms in total. The van der Waals surface area contributed by atoms with Crippen LogP contribution in [-0.4, -0.2) is 26.8 Å². The summed E-state index contributed by atoms with van der Waals surface area (Å²) >= 11 is 0. The lowest BCUT2D eigenvalue weighted by atomic mass is 9.99. The second-order valence-electron chi connectivity index (χ2n) is 4.15. The van der Waals surface area contributed by atoms with Gasteiger partial charge in [0.25, 0.3) is 0 Å². The van der Waals surface area contributed by atoms with Crippen molar-refractivity contribution < 1.29 is 4.74 Å². The maximum absolute atomic E-state index is 5.01. The molecule has 0 fully saturated rings. The third-order valence-electron chi connectivity index (χ3n) is 2.96. The molecule has 3 heteroatoms. The monoisotopic (exact) mass is 220 g/mol. The summed E-state index contributed by atoms with van der Waals surface area (Å²) in [5.74, 6) is 0. The van der Waals surface area contributed by atoms with Crippen LogP contribution in [0.5, 0.6) is 0 Å². The molecule has 2 rings (SSSR count). The van der Waals surface area contributed by atoms with Gasteiger partial charge in [-0.2, -0.15) is 0 Å². The molecule has 0 saturated carbocycles. The topological polar surface area (TPSA) is 33.3 Å². The van der Waals surface area contributed by atoms with Crippen molar-refractivity contribution in [1.29, 1.82) is 0 Å². The molecular formula is C13H20N2O. The van der Waals surface area contributed by atoms with Crippen LogP contribution in [0.3, 0.4) is 0 Å². The summed E-state index contributed by atoms with van der Waals surface area (Å²) < 4.78 is 5.01. The highest BCUT2D eigenvalue weighted by Gasteiger charge is 2.11. The number of anilines is 1. The van der Waals surface area contributed by atoms with E-state index in [1.165, 1.54) is 29.7 Å². The van der Waals surface area contributed by atoms with Gasteiger partial charge in [-0.1, -0.05) is 18.2 Å². The van der Waals surface area contributed by atoms with Gasteiger partial charge in [0.05, 0.1) is 6.61 Å². The van der Waals surface area contributed by atoms with Crippen LogP contribution in [0.15, 0.2) is 18.2 Å². The van der Waals surface area contributed by atoms with E-state index in [0.29, 0.717) is 0 Å². The summed E-state index contributed by atoms with van der Waals surface area (Å²) in [6, 6.07) is 6.57. The summed E-state index contributed by atoms with van der Waals surface area (Å²) in [5, 5.41) is 6.89. The third-order valence-corrected chi connectivity index (χ3v) is 2.96. The summed E-state index contributed by atoms with van der Waals surface area (Å²) in [6.45, 7) is 3.68. The van der Waals surface area contributed by atoms with E-state index >= 15 is 0 Å². The highest BCUT2D eigenvalue weighted by molar-refractivity contribution is 5.59. The Kier molecular flexibility index (Phi) is 4.19. The zero-order valence-corrected chi connectivity index (χ0v) is 9.88. The van der Waals surface area contributed by atoms with Crippen LogP contribution in [0.25, 0.3) is 0 Å². The molecule has 2 N–H and O–H groups in total. The Morgan fingerprint density at radius 2 is 2.38 bits per heavy atom. The fourth-order valence-electron chi connectivity index (χ4n) is 2.13. The summed E-state index contributed by atoms with van der Waals surface area (Å²) in [4.78, 5) is 0. The Labute approximate surface area is 97.2 Å². The van der Waals surface area contributed by atoms with E-state index in [4.69, 9.17) is 4.74 Å². The van der Waals surface area contributed by atoms with Crippen LogP contribution in [0.4, 0.5) is 5.69 Å². The van der Waals surface area contributed by atoms with E-state index in [1.807, 2.05) is 0 Å². The molecule has 0 amide bonds. The van der Waals surface area contributed by atoms with Gasteiger partial charge in [0.15, 0.2) is 0 Å². The molecule has 1 aromatic carbocycles. The van der Waals surface area contributed by atoms with E-state index in [0.717, 1.165) is 26.2 Å². The van der Waals surface area contributed by atoms with Gasteiger partial charge in [0.1, 0.15) is 0 Å². The normalized spacial score (nSPS) is 14.3. The standard InChI is InChI=1S/C13H20N2O/c1-16-9-8-14-10-12-5-2-4-11-6-3-7-15-13(11)12/h2,4-5,14-15H,3,6-10H2,1H3. The lowest BCUT2D eigenvalue weighted by molar-refractivity contribution is 0.199. The van der Waals surface area contributed by atoms with E-state index in [2.05, 4.69) is 28.8 Å². The molecule has 0 bridgehead atoms. The molecule has 0 saturated heterocycles. The van der Waals surface area contributed by atoms with Crippen LogP contribution in [0, 0.1) is 0 Å². The summed E-state index contributed by atoms with van der Waals surface area (Å²) in [7, 11) is 1.73. The summed E-state index contributed by atoms with van der Waals surface area (Å²) in [6.07, 6.45) is 2.45. The van der Waals surface area contributed by atoms with Gasteiger partial charge in [-0.25, -0.2) is 0 Å². The Morgan fingerprint density at radius 3 is 3.25 bits per heavy atom. The average Bonchev–Trinajstić information content (AvgIpc) is 2.35. The molecule has 1 aliphatic rings. The van der Waals surface area contributed by atoms with Gasteiger partial charge in [0.2, 0.25) is 0 Å². The van der Waals surface area contributed by atoms with Crippen molar-refractivity contribution >= 4 is 5.69 Å². The number of nitrogens with one attached hydrogen (secondary N) is 2. The number of ether oxygens (including phenoxy) is 1. The molecule has 0 atom stereocenters. The number of hydrogen-bond donors (Lipinski definition) is 2. The minimum Gasteiger partial charge on any atom is -0.385 e. The second-order valence-corrected chi connectivity index (χ2v) is 4.15. The van der Waals surface area contributed by atoms with Crippen molar-refractivity contribution in [3.8, 4) is 0 Å². The number of aryl methyl sites for hydroxylation is 1. The van der Waals surface area contributed by atoms with Crippen molar-refractivity contribution in [3.63, 3.8) is 0 Å². The minimum atomic E-state index is 0.766. The first-order chi connectivity index (χ1) is 7.92. The first-order valence-corrected chi connectivity index (χ1v) is 5.96. The van der Waals surface area contributed by atoms with E-state index < -0.39 is 0 Å². The third kappa shape index (κ3) is 2.74. The first kappa shape index (κ1) is 11.4. The average molecular weight is 220 g/mol. The quantitative estimate of drug-likeness (QED) is 0.742. The molecule has 1 aliphatic heterocycles. The van der Waals surface area contributed by atoms with Gasteiger partial charge in [-0.15, -0.1) is 0 Å². The van der Waals surface area contributed by atoms with Crippen LogP contribution >= 0.6 is 0 Å². The lowest BCUT2D eigenvalue weighted by Crippen LogP contribution is -2.21. The fraction of sp³-hybridized carbons (Fsp3) is 0.538. The zero-order valence-electron chi connectivity index (χ0n) is 9.88. The van der Waals surface area contributed by atoms with Crippen LogP contribution in [0.2, 0.25) is 0 Å². The highest BCUT2D eigenvalue weighted by atomic mass is 16.5. The number of rotatable bonds is 5. The lowest BCUT2D eigenvalue weighted by Gasteiger charge is -2.21. The zero-order chi connectivity index (χ0) is 11.2. The van der Waals surface area contributed by atoms with E-state index in [-0.39, 0.29) is 0 Å². The maximum Gasteiger partial charge on any atom is 0.0587 e. The van der Waals surface area contributed by atoms with E-state index in [1.54, 1.807) is 7.11 Å². The maximum atomic E-state index is 5.01. The minimum absolute atomic E-state index is 0.766. The second kappa shape index (κ2) is 5.87. The number of methoxy groups -OCH3 is 1. The number of benzene rings is 1. The van der Waals surface area contributed by atoms with Crippen LogP contribution in [0.1, 0.15) is 17.5 Å². The van der Waals surface area contributed by atoms with Crippen LogP contribution in [-0.2, 0) is 17.7 Å².